The topological polar surface area (TPSA) is 61.4 Å². The van der Waals surface area contributed by atoms with Crippen LogP contribution in [-0.2, 0) is 0 Å². The van der Waals surface area contributed by atoms with Gasteiger partial charge in [0.2, 0.25) is 0 Å². The summed E-state index contributed by atoms with van der Waals surface area (Å²) in [4.78, 5) is 25.0. The first kappa shape index (κ1) is 15.4. The van der Waals surface area contributed by atoms with Gasteiger partial charge in [0.15, 0.2) is 0 Å². The molecule has 0 unspecified atom stereocenters. The van der Waals surface area contributed by atoms with E-state index in [2.05, 4.69) is 27.2 Å². The summed E-state index contributed by atoms with van der Waals surface area (Å²) in [6.07, 6.45) is 3.14. The molecule has 0 bridgehead atoms. The summed E-state index contributed by atoms with van der Waals surface area (Å²) in [5.41, 5.74) is 2.52. The summed E-state index contributed by atoms with van der Waals surface area (Å²) in [6.45, 7) is 5.30. The largest absolute Gasteiger partial charge is 0.339 e. The molecule has 1 amide bonds. The van der Waals surface area contributed by atoms with E-state index in [-0.39, 0.29) is 5.91 Å². The molecular formula is C17H21N5O. The zero-order chi connectivity index (χ0) is 16.2. The minimum absolute atomic E-state index is 0.0484. The van der Waals surface area contributed by atoms with Gasteiger partial charge in [0.1, 0.15) is 11.5 Å². The van der Waals surface area contributed by atoms with Crippen molar-refractivity contribution in [2.45, 2.75) is 6.92 Å². The Balaban J connectivity index is 1.66. The molecule has 1 saturated heterocycles. The van der Waals surface area contributed by atoms with Crippen LogP contribution < -0.4 is 5.32 Å². The second kappa shape index (κ2) is 6.75. The first-order valence-corrected chi connectivity index (χ1v) is 7.75. The number of nitrogens with zero attached hydrogens (tertiary/aromatic N) is 4. The van der Waals surface area contributed by atoms with E-state index in [1.54, 1.807) is 12.4 Å². The van der Waals surface area contributed by atoms with Crippen molar-refractivity contribution < 1.29 is 4.79 Å². The van der Waals surface area contributed by atoms with Crippen molar-refractivity contribution in [1.82, 2.24) is 19.8 Å². The van der Waals surface area contributed by atoms with Crippen LogP contribution >= 0.6 is 0 Å². The fraction of sp³-hybridized carbons (Fsp3) is 0.353. The molecule has 0 atom stereocenters. The average Bonchev–Trinajstić information content (AvgIpc) is 2.56. The summed E-state index contributed by atoms with van der Waals surface area (Å²) >= 11 is 0. The lowest BCUT2D eigenvalue weighted by molar-refractivity contribution is 0.0658. The first-order valence-electron chi connectivity index (χ1n) is 7.75. The molecule has 6 heteroatoms. The Kier molecular flexibility index (Phi) is 4.52. The normalized spacial score (nSPS) is 15.5. The Bertz CT molecular complexity index is 678. The highest BCUT2D eigenvalue weighted by atomic mass is 16.2. The minimum Gasteiger partial charge on any atom is -0.339 e. The van der Waals surface area contributed by atoms with Gasteiger partial charge in [-0.25, -0.2) is 9.97 Å². The molecule has 2 heterocycles. The molecule has 0 spiro atoms. The van der Waals surface area contributed by atoms with E-state index in [4.69, 9.17) is 0 Å². The maximum absolute atomic E-state index is 12.4. The van der Waals surface area contributed by atoms with Crippen LogP contribution in [0.1, 0.15) is 16.1 Å². The van der Waals surface area contributed by atoms with Gasteiger partial charge >= 0.3 is 0 Å². The van der Waals surface area contributed by atoms with Crippen LogP contribution in [0.3, 0.4) is 0 Å². The first-order chi connectivity index (χ1) is 11.1. The van der Waals surface area contributed by atoms with E-state index in [1.807, 2.05) is 36.1 Å². The van der Waals surface area contributed by atoms with E-state index in [0.29, 0.717) is 11.5 Å². The molecule has 3 rings (SSSR count). The highest BCUT2D eigenvalue weighted by Gasteiger charge is 2.21. The van der Waals surface area contributed by atoms with E-state index in [0.717, 1.165) is 31.9 Å². The van der Waals surface area contributed by atoms with Crippen molar-refractivity contribution in [2.24, 2.45) is 0 Å². The molecule has 2 aromatic rings. The number of hydrogen-bond donors (Lipinski definition) is 1. The number of anilines is 2. The number of rotatable bonds is 3. The van der Waals surface area contributed by atoms with Gasteiger partial charge in [-0.2, -0.15) is 0 Å². The predicted molar refractivity (Wildman–Crippen MR) is 89.9 cm³/mol. The molecule has 0 aliphatic carbocycles. The fourth-order valence-electron chi connectivity index (χ4n) is 2.55. The third-order valence-electron chi connectivity index (χ3n) is 3.95. The van der Waals surface area contributed by atoms with Crippen molar-refractivity contribution >= 4 is 17.4 Å². The minimum atomic E-state index is -0.0484. The predicted octanol–water partition coefficient (Wildman–Crippen LogP) is 1.92. The number of hydrogen-bond acceptors (Lipinski definition) is 5. The number of amides is 1. The van der Waals surface area contributed by atoms with E-state index in [1.165, 1.54) is 5.56 Å². The molecule has 0 saturated carbocycles. The molecular weight excluding hydrogens is 290 g/mol. The molecule has 6 nitrogen and oxygen atoms in total. The van der Waals surface area contributed by atoms with Gasteiger partial charge in [-0.3, -0.25) is 4.79 Å². The van der Waals surface area contributed by atoms with Crippen LogP contribution in [0.25, 0.3) is 0 Å². The van der Waals surface area contributed by atoms with Crippen LogP contribution in [0, 0.1) is 6.92 Å². The Hall–Kier alpha value is -2.47. The average molecular weight is 311 g/mol. The molecule has 1 fully saturated rings. The van der Waals surface area contributed by atoms with Gasteiger partial charge < -0.3 is 15.1 Å². The molecule has 120 valence electrons. The zero-order valence-electron chi connectivity index (χ0n) is 13.5. The number of likely N-dealkylation sites (N-methyl/N-ethyl adjacent to an activating group) is 1. The Morgan fingerprint density at radius 3 is 2.57 bits per heavy atom. The lowest BCUT2D eigenvalue weighted by Crippen LogP contribution is -2.47. The summed E-state index contributed by atoms with van der Waals surface area (Å²) in [5, 5.41) is 3.19. The second-order valence-corrected chi connectivity index (χ2v) is 5.88. The van der Waals surface area contributed by atoms with Crippen molar-refractivity contribution in [1.29, 1.82) is 0 Å². The third-order valence-corrected chi connectivity index (χ3v) is 3.95. The highest BCUT2D eigenvalue weighted by Crippen LogP contribution is 2.15. The molecule has 0 radical (unpaired) electrons. The van der Waals surface area contributed by atoms with Gasteiger partial charge in [0, 0.05) is 31.9 Å². The molecule has 1 aromatic carbocycles. The fourth-order valence-corrected chi connectivity index (χ4v) is 2.55. The summed E-state index contributed by atoms with van der Waals surface area (Å²) in [7, 11) is 2.06. The van der Waals surface area contributed by atoms with Gasteiger partial charge in [0.25, 0.3) is 5.91 Å². The van der Waals surface area contributed by atoms with Crippen molar-refractivity contribution in [3.8, 4) is 0 Å². The molecule has 23 heavy (non-hydrogen) atoms. The van der Waals surface area contributed by atoms with E-state index >= 15 is 0 Å². The number of benzene rings is 1. The SMILES string of the molecule is Cc1cccc(Nc2cnc(C(=O)N3CCN(C)CC3)cn2)c1. The Morgan fingerprint density at radius 1 is 1.13 bits per heavy atom. The Labute approximate surface area is 136 Å². The number of carbonyl (C=O) groups is 1. The van der Waals surface area contributed by atoms with Gasteiger partial charge in [0.05, 0.1) is 12.4 Å². The quantitative estimate of drug-likeness (QED) is 0.938. The monoisotopic (exact) mass is 311 g/mol. The molecule has 1 aliphatic rings. The van der Waals surface area contributed by atoms with Crippen LogP contribution in [0.5, 0.6) is 0 Å². The van der Waals surface area contributed by atoms with Crippen LogP contribution in [0.15, 0.2) is 36.7 Å². The smallest absolute Gasteiger partial charge is 0.274 e. The number of nitrogens with one attached hydrogen (secondary N) is 1. The summed E-state index contributed by atoms with van der Waals surface area (Å²) in [6, 6.07) is 8.02. The van der Waals surface area contributed by atoms with E-state index in [9.17, 15) is 4.79 Å². The number of piperazine rings is 1. The van der Waals surface area contributed by atoms with Crippen LogP contribution in [0.4, 0.5) is 11.5 Å². The van der Waals surface area contributed by atoms with E-state index < -0.39 is 0 Å². The Morgan fingerprint density at radius 2 is 1.91 bits per heavy atom. The lowest BCUT2D eigenvalue weighted by Gasteiger charge is -2.32. The summed E-state index contributed by atoms with van der Waals surface area (Å²) in [5.74, 6) is 0.582. The molecule has 1 aromatic heterocycles. The lowest BCUT2D eigenvalue weighted by atomic mass is 10.2. The maximum atomic E-state index is 12.4. The van der Waals surface area contributed by atoms with Gasteiger partial charge in [-0.15, -0.1) is 0 Å². The van der Waals surface area contributed by atoms with Crippen molar-refractivity contribution in [3.05, 3.63) is 47.9 Å². The third kappa shape index (κ3) is 3.84. The van der Waals surface area contributed by atoms with Crippen molar-refractivity contribution in [3.63, 3.8) is 0 Å². The highest BCUT2D eigenvalue weighted by molar-refractivity contribution is 5.92. The van der Waals surface area contributed by atoms with Gasteiger partial charge in [-0.1, -0.05) is 12.1 Å². The number of aromatic nitrogens is 2. The molecule has 1 aliphatic heterocycles. The van der Waals surface area contributed by atoms with Crippen LogP contribution in [0.2, 0.25) is 0 Å². The number of aryl methyl sites for hydroxylation is 1. The zero-order valence-corrected chi connectivity index (χ0v) is 13.5. The van der Waals surface area contributed by atoms with Crippen LogP contribution in [-0.4, -0.2) is 58.9 Å². The maximum Gasteiger partial charge on any atom is 0.274 e. The molecule has 1 N–H and O–H groups in total. The van der Waals surface area contributed by atoms with Crippen molar-refractivity contribution in [2.75, 3.05) is 38.5 Å². The standard InChI is InChI=1S/C17H21N5O/c1-13-4-3-5-14(10-13)20-16-12-18-15(11-19-16)17(23)22-8-6-21(2)7-9-22/h3-5,10-12H,6-9H2,1-2H3,(H,19,20). The second-order valence-electron chi connectivity index (χ2n) is 5.88. The summed E-state index contributed by atoms with van der Waals surface area (Å²) < 4.78 is 0. The van der Waals surface area contributed by atoms with Gasteiger partial charge in [-0.05, 0) is 31.7 Å². The number of carbonyl (C=O) groups excluding carboxylic acids is 1.